The van der Waals surface area contributed by atoms with Gasteiger partial charge in [0.15, 0.2) is 52.4 Å². The monoisotopic (exact) mass is 1890 g/mol. The summed E-state index contributed by atoms with van der Waals surface area (Å²) in [7, 11) is 0. The lowest BCUT2D eigenvalue weighted by atomic mass is 9.98. The second-order valence-corrected chi connectivity index (χ2v) is 35.8. The van der Waals surface area contributed by atoms with Crippen molar-refractivity contribution in [3.63, 3.8) is 0 Å². The van der Waals surface area contributed by atoms with Gasteiger partial charge in [0.2, 0.25) is 0 Å². The standard InChI is InChI=1S/3C45H29N3O/c1-4-13-30(14-5-1)33-19-10-21-35(27-33)43-46-44(36-22-11-20-34(28-36)31-15-6-2-7-16-31)48-45(47-43)37-25-26-39-41(29-37)49-40-24-12-23-38(42(39)40)32-17-8-3-9-18-32;1-4-12-30(13-5-1)32-22-24-34(25-23-32)43-46-44(36-19-10-18-35(28-36)31-14-6-2-7-15-31)48-45(47-43)37-26-27-39-41(29-37)49-40-21-11-20-38(42(39)40)33-16-8-3-9-17-33;1-4-14-30(15-5-1)33-20-12-21-34(28-33)43-46-44(48-45(47-43)38-23-11-10-22-36(38)31-16-6-2-7-17-31)35-26-27-39-41(29-35)49-40-25-13-24-37(42(39)40)32-18-8-3-9-19-32/h3*1-29H/i;3D,8D,9D,16D,17D;. The summed E-state index contributed by atoms with van der Waals surface area (Å²) in [6.07, 6.45) is 0. The minimum atomic E-state index is -0.433. The Morgan fingerprint density at radius 2 is 0.333 bits per heavy atom. The molecule has 0 aliphatic carbocycles. The molecule has 0 saturated carbocycles. The molecule has 690 valence electrons. The molecule has 0 aliphatic rings. The molecule has 0 radical (unpaired) electrons. The molecular formula is C135H87N9O3. The number of aromatic nitrogens is 9. The Hall–Kier alpha value is -20.0. The number of hydrogen-bond donors (Lipinski definition) is 0. The van der Waals surface area contributed by atoms with Gasteiger partial charge in [0.1, 0.15) is 33.5 Å². The highest BCUT2D eigenvalue weighted by atomic mass is 16.3. The van der Waals surface area contributed by atoms with Crippen molar-refractivity contribution in [2.24, 2.45) is 0 Å². The fourth-order valence-electron chi connectivity index (χ4n) is 19.3. The van der Waals surface area contributed by atoms with Gasteiger partial charge in [-0.15, -0.1) is 0 Å². The zero-order valence-electron chi connectivity index (χ0n) is 84.1. The SMILES string of the molecule is [2H]c1c([2H])c([2H])c(-c2cccc3oc4cc(-c5nc(-c6ccc(-c7ccccc7)cc6)nc(-c6cccc(-c7ccccc7)c6)n5)ccc4c23)c([2H])c1[2H].c1ccc(-c2cccc(-c3nc(-c4ccc5c(c4)oc4cccc(-c6ccccc6)c45)nc(-c4ccccc4-c4ccccc4)n3)c2)cc1.c1ccc(-c2cccc(-c3nc(-c4cccc(-c5ccccc5)c4)nc(-c4ccc5c(c4)oc4cccc(-c6ccccc6)c45)n3)c2)cc1. The largest absolute Gasteiger partial charge is 0.456 e. The Morgan fingerprint density at radius 1 is 0.129 bits per heavy atom. The van der Waals surface area contributed by atoms with Gasteiger partial charge in [-0.1, -0.05) is 449 Å². The van der Waals surface area contributed by atoms with Gasteiger partial charge in [-0.25, -0.2) is 44.9 Å². The maximum absolute atomic E-state index is 8.63. The van der Waals surface area contributed by atoms with Crippen molar-refractivity contribution in [1.29, 1.82) is 0 Å². The summed E-state index contributed by atoms with van der Waals surface area (Å²) >= 11 is 0. The normalized spacial score (nSPS) is 11.7. The quantitative estimate of drug-likeness (QED) is 0.0803. The first kappa shape index (κ1) is 82.9. The summed E-state index contributed by atoms with van der Waals surface area (Å²) in [4.78, 5) is 45.5. The van der Waals surface area contributed by atoms with Crippen molar-refractivity contribution in [1.82, 2.24) is 44.9 Å². The van der Waals surface area contributed by atoms with Crippen LogP contribution in [0.2, 0.25) is 0 Å². The molecule has 21 aromatic carbocycles. The van der Waals surface area contributed by atoms with E-state index in [1.54, 1.807) is 12.1 Å². The highest BCUT2D eigenvalue weighted by Crippen LogP contribution is 2.45. The average molecular weight is 1890 g/mol. The highest BCUT2D eigenvalue weighted by Gasteiger charge is 2.25. The van der Waals surface area contributed by atoms with Gasteiger partial charge < -0.3 is 13.3 Å². The lowest BCUT2D eigenvalue weighted by Crippen LogP contribution is -2.01. The highest BCUT2D eigenvalue weighted by molar-refractivity contribution is 6.16. The van der Waals surface area contributed by atoms with E-state index in [0.29, 0.717) is 80.1 Å². The first-order valence-corrected chi connectivity index (χ1v) is 48.7. The van der Waals surface area contributed by atoms with Gasteiger partial charge in [0.05, 0.1) is 6.85 Å². The van der Waals surface area contributed by atoms with E-state index in [4.69, 9.17) is 65.0 Å². The predicted octanol–water partition coefficient (Wildman–Crippen LogP) is 35.3. The molecule has 147 heavy (non-hydrogen) atoms. The van der Waals surface area contributed by atoms with Crippen molar-refractivity contribution in [3.8, 4) is 203 Å². The minimum Gasteiger partial charge on any atom is -0.456 e. The van der Waals surface area contributed by atoms with Crippen LogP contribution in [0.15, 0.2) is 541 Å². The molecule has 6 aromatic heterocycles. The van der Waals surface area contributed by atoms with E-state index in [1.807, 2.05) is 158 Å². The summed E-state index contributed by atoms with van der Waals surface area (Å²) < 4.78 is 61.2. The van der Waals surface area contributed by atoms with E-state index in [-0.39, 0.29) is 29.7 Å². The van der Waals surface area contributed by atoms with Gasteiger partial charge in [0.25, 0.3) is 0 Å². The number of benzene rings is 21. The Balaban J connectivity index is 0.000000118. The first-order chi connectivity index (χ1) is 74.9. The Morgan fingerprint density at radius 3 is 0.646 bits per heavy atom. The second-order valence-electron chi connectivity index (χ2n) is 35.8. The second kappa shape index (κ2) is 39.6. The number of furan rings is 3. The maximum atomic E-state index is 8.63. The smallest absolute Gasteiger partial charge is 0.164 e. The molecule has 0 unspecified atom stereocenters. The fourth-order valence-corrected chi connectivity index (χ4v) is 19.3. The van der Waals surface area contributed by atoms with Gasteiger partial charge in [0, 0.05) is 82.4 Å². The molecule has 12 heteroatoms. The summed E-state index contributed by atoms with van der Waals surface area (Å²) in [6.45, 7) is 0. The van der Waals surface area contributed by atoms with Crippen LogP contribution in [0.4, 0.5) is 0 Å². The van der Waals surface area contributed by atoms with Crippen LogP contribution in [-0.2, 0) is 0 Å². The Kier molecular flexibility index (Phi) is 22.3. The van der Waals surface area contributed by atoms with Crippen molar-refractivity contribution < 1.29 is 20.1 Å². The van der Waals surface area contributed by atoms with E-state index in [0.717, 1.165) is 183 Å². The summed E-state index contributed by atoms with van der Waals surface area (Å²) in [5.41, 5.74) is 30.6. The number of rotatable bonds is 18. The molecule has 27 rings (SSSR count). The third-order valence-corrected chi connectivity index (χ3v) is 26.5. The average Bonchev–Trinajstić information content (AvgIpc) is 1.58. The lowest BCUT2D eigenvalue weighted by Gasteiger charge is -2.12. The van der Waals surface area contributed by atoms with Gasteiger partial charge >= 0.3 is 0 Å². The molecule has 0 fully saturated rings. The number of fused-ring (bicyclic) bond motifs is 9. The Bertz CT molecular complexity index is 9730. The van der Waals surface area contributed by atoms with Crippen LogP contribution in [0.1, 0.15) is 6.85 Å². The molecule has 0 spiro atoms. The molecule has 0 aliphatic heterocycles. The molecule has 0 saturated heterocycles. The van der Waals surface area contributed by atoms with Crippen LogP contribution >= 0.6 is 0 Å². The van der Waals surface area contributed by atoms with Crippen molar-refractivity contribution in [2.45, 2.75) is 0 Å². The van der Waals surface area contributed by atoms with Crippen molar-refractivity contribution >= 4 is 65.8 Å². The van der Waals surface area contributed by atoms with Gasteiger partial charge in [-0.2, -0.15) is 0 Å². The molecule has 6 heterocycles. The summed E-state index contributed by atoms with van der Waals surface area (Å²) in [5.74, 6) is 5.11. The Labute approximate surface area is 855 Å². The summed E-state index contributed by atoms with van der Waals surface area (Å²) in [6, 6.07) is 167. The minimum absolute atomic E-state index is 0.126. The van der Waals surface area contributed by atoms with Gasteiger partial charge in [-0.3, -0.25) is 0 Å². The van der Waals surface area contributed by atoms with Crippen LogP contribution in [0.3, 0.4) is 0 Å². The van der Waals surface area contributed by atoms with Crippen LogP contribution in [0.25, 0.3) is 268 Å². The van der Waals surface area contributed by atoms with E-state index < -0.39 is 6.04 Å². The molecular weight excluding hydrogens is 1800 g/mol. The molecule has 0 N–H and O–H groups in total. The third-order valence-electron chi connectivity index (χ3n) is 26.5. The molecule has 0 bridgehead atoms. The molecule has 0 amide bonds. The van der Waals surface area contributed by atoms with E-state index in [1.165, 1.54) is 0 Å². The third kappa shape index (κ3) is 18.2. The van der Waals surface area contributed by atoms with E-state index in [2.05, 4.69) is 328 Å². The molecule has 12 nitrogen and oxygen atoms in total. The summed E-state index contributed by atoms with van der Waals surface area (Å²) in [5, 5.41) is 5.70. The lowest BCUT2D eigenvalue weighted by molar-refractivity contribution is 0.668. The maximum Gasteiger partial charge on any atom is 0.164 e. The van der Waals surface area contributed by atoms with Crippen LogP contribution in [-0.4, -0.2) is 44.9 Å². The van der Waals surface area contributed by atoms with Crippen LogP contribution in [0, 0.1) is 0 Å². The first-order valence-electron chi connectivity index (χ1n) is 51.2. The van der Waals surface area contributed by atoms with Crippen LogP contribution < -0.4 is 0 Å². The zero-order chi connectivity index (χ0) is 102. The number of hydrogen-bond acceptors (Lipinski definition) is 12. The van der Waals surface area contributed by atoms with E-state index in [9.17, 15) is 0 Å². The number of nitrogens with zero attached hydrogens (tertiary/aromatic N) is 9. The molecule has 0 atom stereocenters. The fraction of sp³-hybridized carbons (Fsp3) is 0. The van der Waals surface area contributed by atoms with Gasteiger partial charge in [-0.05, 0) is 179 Å². The van der Waals surface area contributed by atoms with E-state index >= 15 is 0 Å². The molecule has 27 aromatic rings. The topological polar surface area (TPSA) is 155 Å². The zero-order valence-corrected chi connectivity index (χ0v) is 79.1. The predicted molar refractivity (Wildman–Crippen MR) is 599 cm³/mol. The van der Waals surface area contributed by atoms with Crippen molar-refractivity contribution in [3.05, 3.63) is 528 Å². The van der Waals surface area contributed by atoms with Crippen molar-refractivity contribution in [2.75, 3.05) is 0 Å². The van der Waals surface area contributed by atoms with Crippen LogP contribution in [0.5, 0.6) is 0 Å².